The Morgan fingerprint density at radius 1 is 1.33 bits per heavy atom. The Morgan fingerprint density at radius 3 is 2.47 bits per heavy atom. The van der Waals surface area contributed by atoms with Crippen LogP contribution in [0.25, 0.3) is 0 Å². The third kappa shape index (κ3) is 3.07. The van der Waals surface area contributed by atoms with Gasteiger partial charge in [0.05, 0.1) is 6.61 Å². The zero-order valence-electron chi connectivity index (χ0n) is 9.00. The lowest BCUT2D eigenvalue weighted by molar-refractivity contribution is -0.200. The third-order valence-electron chi connectivity index (χ3n) is 2.28. The molecule has 15 heavy (non-hydrogen) atoms. The second kappa shape index (κ2) is 5.69. The van der Waals surface area contributed by atoms with Gasteiger partial charge < -0.3 is 18.9 Å². The number of hydrogen-bond acceptors (Lipinski definition) is 6. The van der Waals surface area contributed by atoms with Crippen LogP contribution in [-0.4, -0.2) is 50.5 Å². The van der Waals surface area contributed by atoms with E-state index in [1.54, 1.807) is 14.2 Å². The summed E-state index contributed by atoms with van der Waals surface area (Å²) in [6.45, 7) is 1.71. The summed E-state index contributed by atoms with van der Waals surface area (Å²) >= 11 is 4.19. The molecule has 0 saturated carbocycles. The van der Waals surface area contributed by atoms with E-state index in [1.165, 1.54) is 6.92 Å². The largest absolute Gasteiger partial charge is 0.456 e. The van der Waals surface area contributed by atoms with Gasteiger partial charge >= 0.3 is 5.97 Å². The van der Waals surface area contributed by atoms with E-state index in [0.29, 0.717) is 6.61 Å². The standard InChI is InChI=1S/C9H16O5S/c1-5(10)14-8-7(12-3)6(11-2)4-13-9(8)15/h6-9,15H,4H2,1-3H3/t6-,7+,8-,9-/m1/s1. The monoisotopic (exact) mass is 236 g/mol. The van der Waals surface area contributed by atoms with Gasteiger partial charge in [0.1, 0.15) is 17.6 Å². The fourth-order valence-electron chi connectivity index (χ4n) is 1.56. The number of hydrogen-bond donors (Lipinski definition) is 1. The van der Waals surface area contributed by atoms with Crippen LogP contribution >= 0.6 is 12.6 Å². The van der Waals surface area contributed by atoms with E-state index in [4.69, 9.17) is 18.9 Å². The highest BCUT2D eigenvalue weighted by atomic mass is 32.1. The van der Waals surface area contributed by atoms with Crippen LogP contribution < -0.4 is 0 Å². The summed E-state index contributed by atoms with van der Waals surface area (Å²) in [7, 11) is 3.10. The predicted octanol–water partition coefficient (Wildman–Crippen LogP) is 0.234. The quantitative estimate of drug-likeness (QED) is 0.562. The van der Waals surface area contributed by atoms with Gasteiger partial charge in [0.15, 0.2) is 6.10 Å². The van der Waals surface area contributed by atoms with E-state index in [0.717, 1.165) is 0 Å². The normalized spacial score (nSPS) is 36.3. The summed E-state index contributed by atoms with van der Waals surface area (Å²) in [5.41, 5.74) is -0.481. The van der Waals surface area contributed by atoms with Crippen LogP contribution in [0.5, 0.6) is 0 Å². The Morgan fingerprint density at radius 2 is 2.00 bits per heavy atom. The number of rotatable bonds is 3. The number of thiol groups is 1. The minimum absolute atomic E-state index is 0.247. The molecule has 0 spiro atoms. The van der Waals surface area contributed by atoms with Gasteiger partial charge in [-0.1, -0.05) is 0 Å². The van der Waals surface area contributed by atoms with E-state index in [-0.39, 0.29) is 18.2 Å². The molecule has 1 fully saturated rings. The van der Waals surface area contributed by atoms with Crippen LogP contribution in [0.4, 0.5) is 0 Å². The van der Waals surface area contributed by atoms with Gasteiger partial charge in [-0.3, -0.25) is 4.79 Å². The molecule has 0 unspecified atom stereocenters. The van der Waals surface area contributed by atoms with Crippen molar-refractivity contribution in [2.45, 2.75) is 30.7 Å². The van der Waals surface area contributed by atoms with Crippen molar-refractivity contribution < 1.29 is 23.7 Å². The van der Waals surface area contributed by atoms with Gasteiger partial charge in [-0.15, -0.1) is 12.6 Å². The van der Waals surface area contributed by atoms with Crippen LogP contribution in [0.2, 0.25) is 0 Å². The molecule has 0 aromatic heterocycles. The minimum atomic E-state index is -0.547. The summed E-state index contributed by atoms with van der Waals surface area (Å²) in [5, 5.41) is 0. The first-order valence-corrected chi connectivity index (χ1v) is 5.14. The number of carbonyl (C=O) groups is 1. The lowest BCUT2D eigenvalue weighted by Crippen LogP contribution is -2.54. The maximum Gasteiger partial charge on any atom is 0.303 e. The summed E-state index contributed by atoms with van der Waals surface area (Å²) in [4.78, 5) is 10.9. The Bertz CT molecular complexity index is 223. The molecule has 1 aliphatic heterocycles. The second-order valence-electron chi connectivity index (χ2n) is 3.27. The van der Waals surface area contributed by atoms with Crippen molar-refractivity contribution in [2.24, 2.45) is 0 Å². The molecule has 0 bridgehead atoms. The zero-order chi connectivity index (χ0) is 11.4. The lowest BCUT2D eigenvalue weighted by Gasteiger charge is -2.38. The van der Waals surface area contributed by atoms with E-state index in [9.17, 15) is 4.79 Å². The SMILES string of the molecule is CO[C@@H]1[C@@H](OC(C)=O)[C@@H](S)OC[C@H]1OC. The third-order valence-corrected chi connectivity index (χ3v) is 2.72. The Hall–Kier alpha value is -0.300. The molecule has 0 aromatic carbocycles. The number of methoxy groups -OCH3 is 2. The molecule has 1 heterocycles. The molecular weight excluding hydrogens is 220 g/mol. The molecule has 1 rings (SSSR count). The Balaban J connectivity index is 2.71. The molecule has 5 nitrogen and oxygen atoms in total. The fourth-order valence-corrected chi connectivity index (χ4v) is 1.88. The van der Waals surface area contributed by atoms with Crippen molar-refractivity contribution in [2.75, 3.05) is 20.8 Å². The highest BCUT2D eigenvalue weighted by molar-refractivity contribution is 7.80. The van der Waals surface area contributed by atoms with Crippen molar-refractivity contribution >= 4 is 18.6 Å². The van der Waals surface area contributed by atoms with E-state index < -0.39 is 11.5 Å². The van der Waals surface area contributed by atoms with Crippen LogP contribution in [0.3, 0.4) is 0 Å². The first-order chi connectivity index (χ1) is 7.10. The molecule has 0 amide bonds. The molecule has 1 saturated heterocycles. The van der Waals surface area contributed by atoms with E-state index in [2.05, 4.69) is 12.6 Å². The Kier molecular flexibility index (Phi) is 4.85. The summed E-state index contributed by atoms with van der Waals surface area (Å²) in [5.74, 6) is -0.388. The van der Waals surface area contributed by atoms with Crippen molar-refractivity contribution in [3.05, 3.63) is 0 Å². The van der Waals surface area contributed by atoms with Crippen molar-refractivity contribution in [3.63, 3.8) is 0 Å². The van der Waals surface area contributed by atoms with Gasteiger partial charge in [-0.05, 0) is 0 Å². The van der Waals surface area contributed by atoms with Crippen molar-refractivity contribution in [1.29, 1.82) is 0 Å². The molecule has 0 radical (unpaired) electrons. The number of carbonyl (C=O) groups excluding carboxylic acids is 1. The highest BCUT2D eigenvalue weighted by Gasteiger charge is 2.41. The maximum atomic E-state index is 10.9. The van der Waals surface area contributed by atoms with Gasteiger partial charge in [-0.2, -0.15) is 0 Å². The van der Waals surface area contributed by atoms with Crippen LogP contribution in [0.15, 0.2) is 0 Å². The van der Waals surface area contributed by atoms with E-state index in [1.807, 2.05) is 0 Å². The van der Waals surface area contributed by atoms with Gasteiger partial charge in [0.25, 0.3) is 0 Å². The first-order valence-electron chi connectivity index (χ1n) is 4.62. The molecule has 4 atom stereocenters. The molecule has 0 N–H and O–H groups in total. The lowest BCUT2D eigenvalue weighted by atomic mass is 10.1. The molecule has 0 aliphatic carbocycles. The number of ether oxygens (including phenoxy) is 4. The number of esters is 1. The van der Waals surface area contributed by atoms with Gasteiger partial charge in [-0.25, -0.2) is 0 Å². The highest BCUT2D eigenvalue weighted by Crippen LogP contribution is 2.24. The smallest absolute Gasteiger partial charge is 0.303 e. The summed E-state index contributed by atoms with van der Waals surface area (Å²) in [6.07, 6.45) is -1.15. The first kappa shape index (κ1) is 12.8. The van der Waals surface area contributed by atoms with Crippen molar-refractivity contribution in [1.82, 2.24) is 0 Å². The summed E-state index contributed by atoms with van der Waals surface area (Å²) < 4.78 is 20.8. The van der Waals surface area contributed by atoms with Crippen LogP contribution in [0, 0.1) is 0 Å². The van der Waals surface area contributed by atoms with Crippen LogP contribution in [0.1, 0.15) is 6.92 Å². The molecule has 88 valence electrons. The average Bonchev–Trinajstić information content (AvgIpc) is 2.20. The molecule has 0 aromatic rings. The predicted molar refractivity (Wildman–Crippen MR) is 55.9 cm³/mol. The molecular formula is C9H16O5S. The second-order valence-corrected chi connectivity index (χ2v) is 3.78. The summed E-state index contributed by atoms with van der Waals surface area (Å²) in [6, 6.07) is 0. The van der Waals surface area contributed by atoms with E-state index >= 15 is 0 Å². The van der Waals surface area contributed by atoms with Gasteiger partial charge in [0.2, 0.25) is 0 Å². The van der Waals surface area contributed by atoms with Crippen LogP contribution in [-0.2, 0) is 23.7 Å². The average molecular weight is 236 g/mol. The maximum absolute atomic E-state index is 10.9. The topological polar surface area (TPSA) is 54.0 Å². The minimum Gasteiger partial charge on any atom is -0.456 e. The Labute approximate surface area is 94.4 Å². The molecule has 6 heteroatoms. The van der Waals surface area contributed by atoms with Gasteiger partial charge in [0, 0.05) is 21.1 Å². The van der Waals surface area contributed by atoms with Crippen molar-refractivity contribution in [3.8, 4) is 0 Å². The molecule has 1 aliphatic rings. The fraction of sp³-hybridized carbons (Fsp3) is 0.889. The zero-order valence-corrected chi connectivity index (χ0v) is 9.90.